The molecule has 210 valence electrons. The number of carbonyl (C=O) groups excluding carboxylic acids is 1. The zero-order valence-corrected chi connectivity index (χ0v) is 23.5. The molecule has 0 N–H and O–H groups in total. The fourth-order valence-electron chi connectivity index (χ4n) is 6.80. The number of rotatable bonds is 12. The molecule has 2 unspecified atom stereocenters. The van der Waals surface area contributed by atoms with Crippen molar-refractivity contribution in [3.8, 4) is 0 Å². The maximum absolute atomic E-state index is 13.5. The van der Waals surface area contributed by atoms with Crippen molar-refractivity contribution >= 4 is 5.91 Å². The Hall–Kier alpha value is -1.45. The van der Waals surface area contributed by atoms with Crippen LogP contribution < -0.4 is 0 Å². The molecule has 0 radical (unpaired) electrons. The lowest BCUT2D eigenvalue weighted by Gasteiger charge is -2.39. The van der Waals surface area contributed by atoms with Gasteiger partial charge in [-0.05, 0) is 55.4 Å². The Morgan fingerprint density at radius 2 is 1.97 bits per heavy atom. The van der Waals surface area contributed by atoms with Crippen molar-refractivity contribution in [2.75, 3.05) is 46.2 Å². The lowest BCUT2D eigenvalue weighted by Crippen LogP contribution is -2.46. The van der Waals surface area contributed by atoms with Crippen LogP contribution in [0, 0.1) is 29.1 Å². The van der Waals surface area contributed by atoms with E-state index in [0.29, 0.717) is 57.5 Å². The van der Waals surface area contributed by atoms with Crippen LogP contribution in [0.3, 0.4) is 0 Å². The van der Waals surface area contributed by atoms with E-state index in [1.54, 1.807) is 5.06 Å². The average Bonchev–Trinajstić information content (AvgIpc) is 3.63. The molecule has 1 amide bonds. The average molecular weight is 521 g/mol. The van der Waals surface area contributed by atoms with Gasteiger partial charge in [-0.2, -0.15) is 0 Å². The molecule has 8 nitrogen and oxygen atoms in total. The summed E-state index contributed by atoms with van der Waals surface area (Å²) in [6.07, 6.45) is 7.68. The maximum Gasteiger partial charge on any atom is 0.260 e. The third-order valence-electron chi connectivity index (χ3n) is 8.66. The minimum Gasteiger partial charge on any atom is -0.469 e. The van der Waals surface area contributed by atoms with Crippen molar-refractivity contribution < 1.29 is 28.6 Å². The van der Waals surface area contributed by atoms with Gasteiger partial charge in [0.15, 0.2) is 13.1 Å². The first-order chi connectivity index (χ1) is 17.8. The van der Waals surface area contributed by atoms with E-state index in [2.05, 4.69) is 58.2 Å². The van der Waals surface area contributed by atoms with Crippen molar-refractivity contribution in [1.82, 2.24) is 9.96 Å². The number of fused-ring (bicyclic) bond motifs is 1. The predicted molar refractivity (Wildman–Crippen MR) is 141 cm³/mol. The van der Waals surface area contributed by atoms with Crippen LogP contribution in [-0.4, -0.2) is 80.6 Å². The van der Waals surface area contributed by atoms with Gasteiger partial charge < -0.3 is 18.9 Å². The van der Waals surface area contributed by atoms with Gasteiger partial charge in [0.25, 0.3) is 5.91 Å². The summed E-state index contributed by atoms with van der Waals surface area (Å²) in [5.41, 5.74) is -0.200. The number of hydrogen-bond donors (Lipinski definition) is 0. The SMILES string of the molecule is C=C[C@@H]1[C@@H](C2CC=C3OCOC3[C@H]2C)CN(CC(=O)N(CCC)OCCC)[C@H]1CC(C)(C)C1OCCO1. The zero-order valence-electron chi connectivity index (χ0n) is 23.5. The summed E-state index contributed by atoms with van der Waals surface area (Å²) in [6.45, 7) is 19.1. The largest absolute Gasteiger partial charge is 0.469 e. The van der Waals surface area contributed by atoms with Crippen LogP contribution in [0.5, 0.6) is 0 Å². The van der Waals surface area contributed by atoms with Gasteiger partial charge in [0, 0.05) is 24.5 Å². The Bertz CT molecular complexity index is 810. The molecular formula is C29H48N2O6. The number of nitrogens with zero attached hydrogens (tertiary/aromatic N) is 2. The first-order valence-electron chi connectivity index (χ1n) is 14.3. The zero-order chi connectivity index (χ0) is 26.6. The fraction of sp³-hybridized carbons (Fsp3) is 0.828. The number of hydroxylamine groups is 2. The van der Waals surface area contributed by atoms with Crippen LogP contribution in [0.25, 0.3) is 0 Å². The van der Waals surface area contributed by atoms with Gasteiger partial charge >= 0.3 is 0 Å². The first kappa shape index (κ1) is 28.6. The van der Waals surface area contributed by atoms with Gasteiger partial charge in [-0.15, -0.1) is 6.58 Å². The molecule has 3 saturated heterocycles. The van der Waals surface area contributed by atoms with Crippen molar-refractivity contribution in [1.29, 1.82) is 0 Å². The quantitative estimate of drug-likeness (QED) is 0.280. The minimum absolute atomic E-state index is 0.0255. The normalized spacial score (nSPS) is 32.7. The summed E-state index contributed by atoms with van der Waals surface area (Å²) in [4.78, 5) is 21.7. The molecule has 6 atom stereocenters. The highest BCUT2D eigenvalue weighted by Crippen LogP contribution is 2.48. The predicted octanol–water partition coefficient (Wildman–Crippen LogP) is 4.37. The molecule has 4 aliphatic rings. The van der Waals surface area contributed by atoms with E-state index in [-0.39, 0.29) is 35.7 Å². The molecular weight excluding hydrogens is 472 g/mol. The third-order valence-corrected chi connectivity index (χ3v) is 8.66. The Balaban J connectivity index is 1.57. The minimum atomic E-state index is -0.234. The van der Waals surface area contributed by atoms with Gasteiger partial charge in [0.2, 0.25) is 0 Å². The molecule has 8 heteroatoms. The molecule has 0 aromatic heterocycles. The Kier molecular flexibility index (Phi) is 9.73. The number of likely N-dealkylation sites (tertiary alicyclic amines) is 1. The second-order valence-corrected chi connectivity index (χ2v) is 11.8. The van der Waals surface area contributed by atoms with E-state index in [1.165, 1.54) is 0 Å². The Morgan fingerprint density at radius 1 is 1.22 bits per heavy atom. The molecule has 37 heavy (non-hydrogen) atoms. The molecule has 3 aliphatic heterocycles. The standard InChI is InChI=1S/C29H48N2O6/c1-7-12-31(37-13-8-2)26(32)18-30-17-23(22-10-11-25-27(20(22)4)36-19-35-25)21(9-3)24(30)16-29(5,6)28-33-14-15-34-28/h9,11,20-24,27-28H,3,7-8,10,12-19H2,1-2,4-6H3/t20-,21+,22?,23-,24-,27?/m0/s1. The van der Waals surface area contributed by atoms with E-state index < -0.39 is 0 Å². The summed E-state index contributed by atoms with van der Waals surface area (Å²) in [7, 11) is 0. The summed E-state index contributed by atoms with van der Waals surface area (Å²) >= 11 is 0. The summed E-state index contributed by atoms with van der Waals surface area (Å²) in [6, 6.07) is 0.155. The fourth-order valence-corrected chi connectivity index (χ4v) is 6.80. The van der Waals surface area contributed by atoms with Crippen LogP contribution in [0.15, 0.2) is 24.5 Å². The van der Waals surface area contributed by atoms with E-state index in [0.717, 1.165) is 38.0 Å². The number of hydrogen-bond acceptors (Lipinski definition) is 7. The van der Waals surface area contributed by atoms with Gasteiger partial charge in [-0.3, -0.25) is 14.5 Å². The Labute approximate surface area is 223 Å². The topological polar surface area (TPSA) is 69.7 Å². The number of amides is 1. The second kappa shape index (κ2) is 12.6. The summed E-state index contributed by atoms with van der Waals surface area (Å²) < 4.78 is 23.5. The van der Waals surface area contributed by atoms with Gasteiger partial charge in [0.1, 0.15) is 11.9 Å². The van der Waals surface area contributed by atoms with E-state index >= 15 is 0 Å². The molecule has 0 spiro atoms. The van der Waals surface area contributed by atoms with Crippen LogP contribution >= 0.6 is 0 Å². The molecule has 0 aromatic carbocycles. The van der Waals surface area contributed by atoms with E-state index in [9.17, 15) is 4.79 Å². The molecule has 1 aliphatic carbocycles. The van der Waals surface area contributed by atoms with E-state index in [4.69, 9.17) is 23.8 Å². The highest BCUT2D eigenvalue weighted by Gasteiger charge is 2.51. The number of allylic oxidation sites excluding steroid dienone is 1. The Morgan fingerprint density at radius 3 is 2.65 bits per heavy atom. The second-order valence-electron chi connectivity index (χ2n) is 11.8. The smallest absolute Gasteiger partial charge is 0.260 e. The van der Waals surface area contributed by atoms with Crippen LogP contribution in [0.4, 0.5) is 0 Å². The molecule has 4 rings (SSSR count). The third kappa shape index (κ3) is 6.25. The lowest BCUT2D eigenvalue weighted by atomic mass is 9.68. The molecule has 0 bridgehead atoms. The van der Waals surface area contributed by atoms with Gasteiger partial charge in [0.05, 0.1) is 26.4 Å². The van der Waals surface area contributed by atoms with Crippen LogP contribution in [-0.2, 0) is 28.6 Å². The van der Waals surface area contributed by atoms with Crippen molar-refractivity contribution in [2.45, 2.75) is 78.7 Å². The maximum atomic E-state index is 13.5. The van der Waals surface area contributed by atoms with Crippen molar-refractivity contribution in [3.05, 3.63) is 24.5 Å². The summed E-state index contributed by atoms with van der Waals surface area (Å²) in [5, 5.41) is 1.58. The first-order valence-corrected chi connectivity index (χ1v) is 14.3. The molecule has 3 heterocycles. The lowest BCUT2D eigenvalue weighted by molar-refractivity contribution is -0.188. The van der Waals surface area contributed by atoms with Crippen molar-refractivity contribution in [3.63, 3.8) is 0 Å². The van der Waals surface area contributed by atoms with Crippen molar-refractivity contribution in [2.24, 2.45) is 29.1 Å². The highest BCUT2D eigenvalue weighted by atomic mass is 16.7. The van der Waals surface area contributed by atoms with Crippen LogP contribution in [0.2, 0.25) is 0 Å². The summed E-state index contributed by atoms with van der Waals surface area (Å²) in [5.74, 6) is 2.39. The molecule has 3 fully saturated rings. The molecule has 0 aromatic rings. The van der Waals surface area contributed by atoms with Crippen LogP contribution in [0.1, 0.15) is 60.3 Å². The monoisotopic (exact) mass is 520 g/mol. The van der Waals surface area contributed by atoms with Gasteiger partial charge in [-0.25, -0.2) is 5.06 Å². The number of ether oxygens (including phenoxy) is 4. The van der Waals surface area contributed by atoms with Gasteiger partial charge in [-0.1, -0.05) is 40.7 Å². The number of carbonyl (C=O) groups is 1. The highest BCUT2D eigenvalue weighted by molar-refractivity contribution is 5.77. The molecule has 0 saturated carbocycles. The van der Waals surface area contributed by atoms with E-state index in [1.807, 2.05) is 0 Å².